The highest BCUT2D eigenvalue weighted by Gasteiger charge is 2.15. The topological polar surface area (TPSA) is 84.9 Å². The maximum Gasteiger partial charge on any atom is 0.262 e. The first-order valence-electron chi connectivity index (χ1n) is 6.00. The van der Waals surface area contributed by atoms with Crippen molar-refractivity contribution in [2.75, 3.05) is 18.9 Å². The fourth-order valence-corrected chi connectivity index (χ4v) is 2.85. The number of hydrogen-bond donors (Lipinski definition) is 2. The Bertz CT molecular complexity index is 743. The number of nitrogens with one attached hydrogen (secondary N) is 1. The zero-order chi connectivity index (χ0) is 15.5. The summed E-state index contributed by atoms with van der Waals surface area (Å²) >= 11 is 0. The van der Waals surface area contributed by atoms with E-state index in [0.717, 1.165) is 0 Å². The lowest BCUT2D eigenvalue weighted by molar-refractivity contribution is 0.355. The molecule has 0 saturated heterocycles. The summed E-state index contributed by atoms with van der Waals surface area (Å²) in [6, 6.07) is 10.1. The molecule has 0 aliphatic carbocycles. The summed E-state index contributed by atoms with van der Waals surface area (Å²) in [7, 11) is -0.829. The van der Waals surface area contributed by atoms with Crippen molar-refractivity contribution in [2.45, 2.75) is 4.90 Å². The standard InChI is InChI=1S/C14H15NO5S/c1-19-13-7-6-10(8-14(13)20-2)15-21(17,18)12-5-3-4-11(16)9-12/h3-9,15-16H,1-2H3. The summed E-state index contributed by atoms with van der Waals surface area (Å²) in [6.07, 6.45) is 0. The van der Waals surface area contributed by atoms with Gasteiger partial charge < -0.3 is 14.6 Å². The van der Waals surface area contributed by atoms with Gasteiger partial charge in [-0.2, -0.15) is 0 Å². The third kappa shape index (κ3) is 3.38. The second-order valence-electron chi connectivity index (χ2n) is 4.17. The van der Waals surface area contributed by atoms with E-state index in [9.17, 15) is 13.5 Å². The summed E-state index contributed by atoms with van der Waals surface area (Å²) in [6.45, 7) is 0. The molecule has 2 rings (SSSR count). The summed E-state index contributed by atoms with van der Waals surface area (Å²) < 4.78 is 37.0. The maximum atomic E-state index is 12.2. The van der Waals surface area contributed by atoms with E-state index in [2.05, 4.69) is 4.72 Å². The number of hydrogen-bond acceptors (Lipinski definition) is 5. The molecule has 0 aliphatic rings. The van der Waals surface area contributed by atoms with Crippen molar-refractivity contribution in [3.05, 3.63) is 42.5 Å². The Labute approximate surface area is 123 Å². The minimum Gasteiger partial charge on any atom is -0.508 e. The number of anilines is 1. The van der Waals surface area contributed by atoms with E-state index in [0.29, 0.717) is 17.2 Å². The molecule has 0 heterocycles. The molecule has 0 amide bonds. The molecule has 6 nitrogen and oxygen atoms in total. The van der Waals surface area contributed by atoms with E-state index in [-0.39, 0.29) is 10.6 Å². The second kappa shape index (κ2) is 5.92. The quantitative estimate of drug-likeness (QED) is 0.884. The van der Waals surface area contributed by atoms with Gasteiger partial charge in [-0.25, -0.2) is 8.42 Å². The van der Waals surface area contributed by atoms with Crippen LogP contribution in [0, 0.1) is 0 Å². The first kappa shape index (κ1) is 15.0. The van der Waals surface area contributed by atoms with E-state index < -0.39 is 10.0 Å². The van der Waals surface area contributed by atoms with Gasteiger partial charge in [0.25, 0.3) is 10.0 Å². The monoisotopic (exact) mass is 309 g/mol. The third-order valence-corrected chi connectivity index (χ3v) is 4.14. The molecule has 0 bridgehead atoms. The van der Waals surface area contributed by atoms with Crippen molar-refractivity contribution in [3.63, 3.8) is 0 Å². The number of ether oxygens (including phenoxy) is 2. The number of rotatable bonds is 5. The number of benzene rings is 2. The van der Waals surface area contributed by atoms with E-state index in [4.69, 9.17) is 9.47 Å². The van der Waals surface area contributed by atoms with Crippen molar-refractivity contribution in [1.29, 1.82) is 0 Å². The zero-order valence-electron chi connectivity index (χ0n) is 11.5. The molecule has 0 spiro atoms. The van der Waals surface area contributed by atoms with Crippen molar-refractivity contribution in [3.8, 4) is 17.2 Å². The van der Waals surface area contributed by atoms with Gasteiger partial charge >= 0.3 is 0 Å². The molecule has 112 valence electrons. The van der Waals surface area contributed by atoms with Crippen LogP contribution >= 0.6 is 0 Å². The molecule has 2 aromatic rings. The van der Waals surface area contributed by atoms with Crippen LogP contribution in [0.1, 0.15) is 0 Å². The average Bonchev–Trinajstić information content (AvgIpc) is 2.46. The van der Waals surface area contributed by atoms with Gasteiger partial charge in [0.05, 0.1) is 24.8 Å². The highest BCUT2D eigenvalue weighted by Crippen LogP contribution is 2.30. The van der Waals surface area contributed by atoms with Crippen molar-refractivity contribution in [2.24, 2.45) is 0 Å². The Balaban J connectivity index is 2.33. The molecule has 7 heteroatoms. The number of phenolic OH excluding ortho intramolecular Hbond substituents is 1. The molecule has 0 saturated carbocycles. The van der Waals surface area contributed by atoms with Crippen LogP contribution in [-0.2, 0) is 10.0 Å². The fraction of sp³-hybridized carbons (Fsp3) is 0.143. The van der Waals surface area contributed by atoms with Crippen LogP contribution in [-0.4, -0.2) is 27.7 Å². The lowest BCUT2D eigenvalue weighted by Crippen LogP contribution is -2.12. The van der Waals surface area contributed by atoms with Gasteiger partial charge in [0, 0.05) is 12.1 Å². The molecule has 2 N–H and O–H groups in total. The van der Waals surface area contributed by atoms with Crippen LogP contribution in [0.5, 0.6) is 17.2 Å². The molecule has 0 fully saturated rings. The number of sulfonamides is 1. The summed E-state index contributed by atoms with van der Waals surface area (Å²) in [4.78, 5) is -0.0303. The minimum atomic E-state index is -3.79. The summed E-state index contributed by atoms with van der Waals surface area (Å²) in [5.74, 6) is 0.789. The Morgan fingerprint density at radius 2 is 1.71 bits per heavy atom. The molecule has 2 aromatic carbocycles. The maximum absolute atomic E-state index is 12.2. The number of aromatic hydroxyl groups is 1. The van der Waals surface area contributed by atoms with Gasteiger partial charge in [-0.15, -0.1) is 0 Å². The van der Waals surface area contributed by atoms with Crippen LogP contribution in [0.25, 0.3) is 0 Å². The third-order valence-electron chi connectivity index (χ3n) is 2.76. The highest BCUT2D eigenvalue weighted by molar-refractivity contribution is 7.92. The summed E-state index contributed by atoms with van der Waals surface area (Å²) in [5.41, 5.74) is 0.330. The molecule has 21 heavy (non-hydrogen) atoms. The van der Waals surface area contributed by atoms with Crippen LogP contribution in [0.15, 0.2) is 47.4 Å². The number of methoxy groups -OCH3 is 2. The van der Waals surface area contributed by atoms with E-state index in [1.165, 1.54) is 44.6 Å². The van der Waals surface area contributed by atoms with E-state index >= 15 is 0 Å². The van der Waals surface area contributed by atoms with Crippen molar-refractivity contribution >= 4 is 15.7 Å². The SMILES string of the molecule is COc1ccc(NS(=O)(=O)c2cccc(O)c2)cc1OC. The lowest BCUT2D eigenvalue weighted by Gasteiger charge is -2.12. The zero-order valence-corrected chi connectivity index (χ0v) is 12.3. The normalized spacial score (nSPS) is 11.0. The molecular formula is C14H15NO5S. The largest absolute Gasteiger partial charge is 0.508 e. The van der Waals surface area contributed by atoms with Gasteiger partial charge in [0.1, 0.15) is 5.75 Å². The molecular weight excluding hydrogens is 294 g/mol. The van der Waals surface area contributed by atoms with Crippen molar-refractivity contribution < 1.29 is 23.0 Å². The van der Waals surface area contributed by atoms with Gasteiger partial charge in [-0.05, 0) is 24.3 Å². The predicted molar refractivity (Wildman–Crippen MR) is 78.5 cm³/mol. The van der Waals surface area contributed by atoms with Crippen molar-refractivity contribution in [1.82, 2.24) is 0 Å². The smallest absolute Gasteiger partial charge is 0.262 e. The van der Waals surface area contributed by atoms with Crippen LogP contribution < -0.4 is 14.2 Å². The first-order valence-corrected chi connectivity index (χ1v) is 7.48. The van der Waals surface area contributed by atoms with E-state index in [1.807, 2.05) is 0 Å². The lowest BCUT2D eigenvalue weighted by atomic mass is 10.3. The molecule has 0 unspecified atom stereocenters. The number of phenols is 1. The van der Waals surface area contributed by atoms with E-state index in [1.54, 1.807) is 12.1 Å². The minimum absolute atomic E-state index is 0.0303. The van der Waals surface area contributed by atoms with Gasteiger partial charge in [0.2, 0.25) is 0 Å². The Morgan fingerprint density at radius 3 is 2.33 bits per heavy atom. The fourth-order valence-electron chi connectivity index (χ4n) is 1.76. The van der Waals surface area contributed by atoms with Crippen LogP contribution in [0.3, 0.4) is 0 Å². The Hall–Kier alpha value is -2.41. The van der Waals surface area contributed by atoms with Gasteiger partial charge in [-0.3, -0.25) is 4.72 Å². The molecule has 0 aromatic heterocycles. The van der Waals surface area contributed by atoms with Crippen LogP contribution in [0.2, 0.25) is 0 Å². The highest BCUT2D eigenvalue weighted by atomic mass is 32.2. The Morgan fingerprint density at radius 1 is 1.00 bits per heavy atom. The van der Waals surface area contributed by atoms with Crippen LogP contribution in [0.4, 0.5) is 5.69 Å². The molecule has 0 atom stereocenters. The second-order valence-corrected chi connectivity index (χ2v) is 5.86. The van der Waals surface area contributed by atoms with Gasteiger partial charge in [0.15, 0.2) is 11.5 Å². The summed E-state index contributed by atoms with van der Waals surface area (Å²) in [5, 5.41) is 9.36. The first-order chi connectivity index (χ1) is 9.96. The van der Waals surface area contributed by atoms with Gasteiger partial charge in [-0.1, -0.05) is 6.07 Å². The predicted octanol–water partition coefficient (Wildman–Crippen LogP) is 2.21. The average molecular weight is 309 g/mol. The molecule has 0 aliphatic heterocycles. The molecule has 0 radical (unpaired) electrons. The Kier molecular flexibility index (Phi) is 4.23.